The minimum atomic E-state index is -0.274. The van der Waals surface area contributed by atoms with Crippen molar-refractivity contribution in [2.75, 3.05) is 19.5 Å². The van der Waals surface area contributed by atoms with Crippen LogP contribution >= 0.6 is 0 Å². The van der Waals surface area contributed by atoms with Crippen LogP contribution in [0, 0.1) is 0 Å². The molecule has 0 fully saturated rings. The number of carbonyl (C=O) groups excluding carboxylic acids is 1. The van der Waals surface area contributed by atoms with E-state index >= 15 is 0 Å². The van der Waals surface area contributed by atoms with Crippen molar-refractivity contribution >= 4 is 17.4 Å². The summed E-state index contributed by atoms with van der Waals surface area (Å²) in [6, 6.07) is 18.4. The van der Waals surface area contributed by atoms with Gasteiger partial charge in [0.15, 0.2) is 23.0 Å². The summed E-state index contributed by atoms with van der Waals surface area (Å²) in [5, 5.41) is 14.0. The van der Waals surface area contributed by atoms with E-state index in [9.17, 15) is 4.79 Å². The highest BCUT2D eigenvalue weighted by atomic mass is 16.5. The number of nitrogens with one attached hydrogen (secondary N) is 2. The molecule has 7 nitrogen and oxygen atoms in total. The van der Waals surface area contributed by atoms with E-state index in [-0.39, 0.29) is 11.6 Å². The fourth-order valence-electron chi connectivity index (χ4n) is 2.45. The highest BCUT2D eigenvalue weighted by Crippen LogP contribution is 2.30. The van der Waals surface area contributed by atoms with E-state index in [1.165, 1.54) is 0 Å². The zero-order valence-electron chi connectivity index (χ0n) is 15.1. The van der Waals surface area contributed by atoms with Crippen molar-refractivity contribution in [2.24, 2.45) is 0 Å². The number of anilines is 2. The molecule has 2 aromatic carbocycles. The third-order valence-corrected chi connectivity index (χ3v) is 3.85. The summed E-state index contributed by atoms with van der Waals surface area (Å²) in [4.78, 5) is 12.2. The number of carbonyl (C=O) groups is 1. The smallest absolute Gasteiger partial charge is 0.272 e. The van der Waals surface area contributed by atoms with Crippen molar-refractivity contribution in [1.82, 2.24) is 15.5 Å². The number of nitrogens with zero attached hydrogens (tertiary/aromatic N) is 2. The quantitative estimate of drug-likeness (QED) is 0.670. The van der Waals surface area contributed by atoms with Crippen molar-refractivity contribution in [3.05, 3.63) is 71.9 Å². The fraction of sp³-hybridized carbons (Fsp3) is 0.150. The fourth-order valence-corrected chi connectivity index (χ4v) is 2.45. The van der Waals surface area contributed by atoms with Crippen LogP contribution in [0.2, 0.25) is 0 Å². The molecule has 0 bridgehead atoms. The van der Waals surface area contributed by atoms with Gasteiger partial charge in [-0.1, -0.05) is 30.3 Å². The van der Waals surface area contributed by atoms with Gasteiger partial charge in [0, 0.05) is 18.3 Å². The summed E-state index contributed by atoms with van der Waals surface area (Å²) in [7, 11) is 3.16. The maximum Gasteiger partial charge on any atom is 0.272 e. The average molecular weight is 364 g/mol. The van der Waals surface area contributed by atoms with Crippen molar-refractivity contribution in [2.45, 2.75) is 6.54 Å². The molecule has 3 rings (SSSR count). The molecule has 0 aliphatic rings. The molecule has 0 spiro atoms. The van der Waals surface area contributed by atoms with E-state index < -0.39 is 0 Å². The van der Waals surface area contributed by atoms with E-state index in [1.54, 1.807) is 38.5 Å². The summed E-state index contributed by atoms with van der Waals surface area (Å²) in [6.45, 7) is 0.437. The van der Waals surface area contributed by atoms with Crippen LogP contribution in [0.4, 0.5) is 11.5 Å². The van der Waals surface area contributed by atoms with Crippen LogP contribution in [0.25, 0.3) is 0 Å². The van der Waals surface area contributed by atoms with Gasteiger partial charge >= 0.3 is 0 Å². The minimum absolute atomic E-state index is 0.254. The molecule has 138 valence electrons. The Bertz CT molecular complexity index is 899. The molecule has 0 unspecified atom stereocenters. The molecule has 2 N–H and O–H groups in total. The van der Waals surface area contributed by atoms with Crippen molar-refractivity contribution in [3.63, 3.8) is 0 Å². The second-order valence-electron chi connectivity index (χ2n) is 5.67. The Hall–Kier alpha value is -3.61. The van der Waals surface area contributed by atoms with Gasteiger partial charge in [-0.05, 0) is 29.8 Å². The predicted octanol–water partition coefficient (Wildman–Crippen LogP) is 3.17. The van der Waals surface area contributed by atoms with E-state index in [0.717, 1.165) is 11.3 Å². The molecular formula is C20H20N4O3. The number of hydrogen-bond donors (Lipinski definition) is 2. The van der Waals surface area contributed by atoms with Gasteiger partial charge in [0.25, 0.3) is 5.91 Å². The van der Waals surface area contributed by atoms with E-state index in [0.29, 0.717) is 23.9 Å². The maximum atomic E-state index is 12.2. The lowest BCUT2D eigenvalue weighted by atomic mass is 10.2. The molecule has 1 aromatic heterocycles. The first-order valence-electron chi connectivity index (χ1n) is 8.34. The Morgan fingerprint density at radius 1 is 0.926 bits per heavy atom. The summed E-state index contributed by atoms with van der Waals surface area (Å²) in [5.41, 5.74) is 2.04. The van der Waals surface area contributed by atoms with Gasteiger partial charge in [-0.3, -0.25) is 4.79 Å². The second-order valence-corrected chi connectivity index (χ2v) is 5.67. The molecule has 0 radical (unpaired) electrons. The first-order valence-corrected chi connectivity index (χ1v) is 8.34. The second kappa shape index (κ2) is 8.66. The summed E-state index contributed by atoms with van der Waals surface area (Å²) < 4.78 is 10.5. The van der Waals surface area contributed by atoms with Gasteiger partial charge in [0.1, 0.15) is 0 Å². The molecule has 0 atom stereocenters. The molecule has 1 heterocycles. The lowest BCUT2D eigenvalue weighted by Crippen LogP contribution is -2.24. The van der Waals surface area contributed by atoms with Crippen LogP contribution < -0.4 is 20.1 Å². The van der Waals surface area contributed by atoms with Crippen molar-refractivity contribution in [1.29, 1.82) is 0 Å². The van der Waals surface area contributed by atoms with Crippen LogP contribution in [-0.2, 0) is 6.54 Å². The minimum Gasteiger partial charge on any atom is -0.493 e. The SMILES string of the molecule is COc1ccc(Nc2ccc(C(=O)NCc3ccccc3)nn2)cc1OC. The molecule has 1 amide bonds. The van der Waals surface area contributed by atoms with Crippen LogP contribution in [0.1, 0.15) is 16.1 Å². The third kappa shape index (κ3) is 4.72. The Balaban J connectivity index is 1.62. The predicted molar refractivity (Wildman–Crippen MR) is 102 cm³/mol. The Labute approximate surface area is 157 Å². The van der Waals surface area contributed by atoms with Crippen molar-refractivity contribution < 1.29 is 14.3 Å². The lowest BCUT2D eigenvalue weighted by Gasteiger charge is -2.10. The van der Waals surface area contributed by atoms with Crippen LogP contribution in [0.3, 0.4) is 0 Å². The molecule has 0 aliphatic heterocycles. The van der Waals surface area contributed by atoms with E-state index in [4.69, 9.17) is 9.47 Å². The number of amides is 1. The Kier molecular flexibility index (Phi) is 5.84. The maximum absolute atomic E-state index is 12.2. The topological polar surface area (TPSA) is 85.4 Å². The average Bonchev–Trinajstić information content (AvgIpc) is 2.73. The van der Waals surface area contributed by atoms with Gasteiger partial charge in [-0.15, -0.1) is 10.2 Å². The first-order chi connectivity index (χ1) is 13.2. The summed E-state index contributed by atoms with van der Waals surface area (Å²) >= 11 is 0. The summed E-state index contributed by atoms with van der Waals surface area (Å²) in [6.07, 6.45) is 0. The molecular weight excluding hydrogens is 344 g/mol. The number of benzene rings is 2. The van der Waals surface area contributed by atoms with Gasteiger partial charge in [0.05, 0.1) is 14.2 Å². The van der Waals surface area contributed by atoms with Gasteiger partial charge in [0.2, 0.25) is 0 Å². The largest absolute Gasteiger partial charge is 0.493 e. The number of hydrogen-bond acceptors (Lipinski definition) is 6. The zero-order valence-corrected chi connectivity index (χ0v) is 15.1. The monoisotopic (exact) mass is 364 g/mol. The summed E-state index contributed by atoms with van der Waals surface area (Å²) in [5.74, 6) is 1.48. The van der Waals surface area contributed by atoms with E-state index in [2.05, 4.69) is 20.8 Å². The first kappa shape index (κ1) is 18.2. The molecule has 3 aromatic rings. The Morgan fingerprint density at radius 2 is 1.70 bits per heavy atom. The van der Waals surface area contributed by atoms with Gasteiger partial charge < -0.3 is 20.1 Å². The van der Waals surface area contributed by atoms with Gasteiger partial charge in [-0.2, -0.15) is 0 Å². The highest BCUT2D eigenvalue weighted by molar-refractivity contribution is 5.92. The Morgan fingerprint density at radius 3 is 2.37 bits per heavy atom. The number of rotatable bonds is 7. The van der Waals surface area contributed by atoms with Crippen LogP contribution in [0.5, 0.6) is 11.5 Å². The number of aromatic nitrogens is 2. The normalized spacial score (nSPS) is 10.1. The van der Waals surface area contributed by atoms with Crippen molar-refractivity contribution in [3.8, 4) is 11.5 Å². The zero-order chi connectivity index (χ0) is 19.1. The number of methoxy groups -OCH3 is 2. The third-order valence-electron chi connectivity index (χ3n) is 3.85. The van der Waals surface area contributed by atoms with E-state index in [1.807, 2.05) is 36.4 Å². The lowest BCUT2D eigenvalue weighted by molar-refractivity contribution is 0.0945. The highest BCUT2D eigenvalue weighted by Gasteiger charge is 2.09. The standard InChI is InChI=1S/C20H20N4O3/c1-26-17-10-8-15(12-18(17)27-2)22-19-11-9-16(23-24-19)20(25)21-13-14-6-4-3-5-7-14/h3-12H,13H2,1-2H3,(H,21,25)(H,22,24). The molecule has 0 saturated carbocycles. The molecule has 0 saturated heterocycles. The van der Waals surface area contributed by atoms with Crippen LogP contribution in [-0.4, -0.2) is 30.3 Å². The van der Waals surface area contributed by atoms with Crippen LogP contribution in [0.15, 0.2) is 60.7 Å². The molecule has 27 heavy (non-hydrogen) atoms. The molecule has 7 heteroatoms. The van der Waals surface area contributed by atoms with Gasteiger partial charge in [-0.25, -0.2) is 0 Å². The number of ether oxygens (including phenoxy) is 2. The molecule has 0 aliphatic carbocycles.